The highest BCUT2D eigenvalue weighted by molar-refractivity contribution is 5.42. The minimum atomic E-state index is -0.420. The molecule has 1 aromatic carbocycles. The molecule has 4 heteroatoms. The van der Waals surface area contributed by atoms with E-state index in [9.17, 15) is 5.11 Å². The maximum absolute atomic E-state index is 10.1. The van der Waals surface area contributed by atoms with Gasteiger partial charge < -0.3 is 10.4 Å². The van der Waals surface area contributed by atoms with Gasteiger partial charge in [-0.05, 0) is 17.2 Å². The second-order valence-electron chi connectivity index (χ2n) is 4.16. The molecule has 0 spiro atoms. The van der Waals surface area contributed by atoms with Crippen LogP contribution < -0.4 is 5.32 Å². The van der Waals surface area contributed by atoms with Gasteiger partial charge in [-0.25, -0.2) is 9.97 Å². The molecule has 2 atom stereocenters. The maximum atomic E-state index is 10.1. The van der Waals surface area contributed by atoms with E-state index in [0.29, 0.717) is 12.4 Å². The van der Waals surface area contributed by atoms with Crippen molar-refractivity contribution in [2.24, 2.45) is 0 Å². The fraction of sp³-hybridized carbons (Fsp3) is 0.231. The molecular formula is C13H13N3O. The second kappa shape index (κ2) is 4.14. The Labute approximate surface area is 99.4 Å². The molecule has 0 saturated carbocycles. The number of benzene rings is 1. The monoisotopic (exact) mass is 227 g/mol. The minimum absolute atomic E-state index is 0.117. The smallest absolute Gasteiger partial charge is 0.223 e. The van der Waals surface area contributed by atoms with Crippen LogP contribution in [0.2, 0.25) is 0 Å². The molecule has 0 saturated heterocycles. The van der Waals surface area contributed by atoms with Crippen LogP contribution in [0.5, 0.6) is 0 Å². The van der Waals surface area contributed by atoms with Crippen molar-refractivity contribution < 1.29 is 5.11 Å². The van der Waals surface area contributed by atoms with E-state index < -0.39 is 6.10 Å². The van der Waals surface area contributed by atoms with Crippen molar-refractivity contribution >= 4 is 5.95 Å². The van der Waals surface area contributed by atoms with Crippen molar-refractivity contribution in [3.63, 3.8) is 0 Å². The molecule has 1 aromatic heterocycles. The van der Waals surface area contributed by atoms with Gasteiger partial charge in [0.25, 0.3) is 0 Å². The Hall–Kier alpha value is -1.94. The number of hydrogen-bond acceptors (Lipinski definition) is 4. The van der Waals surface area contributed by atoms with E-state index in [0.717, 1.165) is 5.56 Å². The zero-order chi connectivity index (χ0) is 11.7. The van der Waals surface area contributed by atoms with Crippen LogP contribution in [0.1, 0.15) is 17.2 Å². The summed E-state index contributed by atoms with van der Waals surface area (Å²) in [6, 6.07) is 9.71. The van der Waals surface area contributed by atoms with Crippen LogP contribution in [0.15, 0.2) is 42.7 Å². The van der Waals surface area contributed by atoms with Gasteiger partial charge in [-0.15, -0.1) is 0 Å². The average molecular weight is 227 g/mol. The van der Waals surface area contributed by atoms with Crippen molar-refractivity contribution in [1.82, 2.24) is 9.97 Å². The summed E-state index contributed by atoms with van der Waals surface area (Å²) < 4.78 is 0. The van der Waals surface area contributed by atoms with Crippen LogP contribution >= 0.6 is 0 Å². The van der Waals surface area contributed by atoms with Crippen molar-refractivity contribution in [1.29, 1.82) is 0 Å². The van der Waals surface area contributed by atoms with E-state index in [-0.39, 0.29) is 6.04 Å². The Balaban J connectivity index is 1.89. The Kier molecular flexibility index (Phi) is 2.49. The van der Waals surface area contributed by atoms with E-state index in [1.54, 1.807) is 18.5 Å². The molecule has 2 N–H and O–H groups in total. The van der Waals surface area contributed by atoms with Gasteiger partial charge in [0.2, 0.25) is 5.95 Å². The zero-order valence-corrected chi connectivity index (χ0v) is 9.24. The third kappa shape index (κ3) is 1.87. The predicted octanol–water partition coefficient (Wildman–Crippen LogP) is 1.55. The summed E-state index contributed by atoms with van der Waals surface area (Å²) >= 11 is 0. The fourth-order valence-corrected chi connectivity index (χ4v) is 2.26. The van der Waals surface area contributed by atoms with E-state index in [1.807, 2.05) is 24.3 Å². The number of fused-ring (bicyclic) bond motifs is 1. The van der Waals surface area contributed by atoms with E-state index >= 15 is 0 Å². The van der Waals surface area contributed by atoms with Crippen LogP contribution in [0.4, 0.5) is 5.95 Å². The molecule has 0 bridgehead atoms. The molecule has 4 nitrogen and oxygen atoms in total. The maximum Gasteiger partial charge on any atom is 0.223 e. The molecule has 3 rings (SSSR count). The van der Waals surface area contributed by atoms with Crippen molar-refractivity contribution in [3.8, 4) is 0 Å². The largest absolute Gasteiger partial charge is 0.390 e. The molecule has 2 aromatic rings. The number of aromatic nitrogens is 2. The first-order chi connectivity index (χ1) is 8.34. The third-order valence-corrected chi connectivity index (χ3v) is 3.05. The predicted molar refractivity (Wildman–Crippen MR) is 64.5 cm³/mol. The fourth-order valence-electron chi connectivity index (χ4n) is 2.26. The third-order valence-electron chi connectivity index (χ3n) is 3.05. The van der Waals surface area contributed by atoms with E-state index in [2.05, 4.69) is 15.3 Å². The van der Waals surface area contributed by atoms with Crippen molar-refractivity contribution in [3.05, 3.63) is 53.9 Å². The zero-order valence-electron chi connectivity index (χ0n) is 9.24. The standard InChI is InChI=1S/C13H13N3O/c17-11-8-9-4-1-2-5-10(9)12(11)16-13-14-6-3-7-15-13/h1-7,11-12,17H,8H2,(H,14,15,16)/t11-,12+/m0/s1. The molecule has 0 aliphatic heterocycles. The first kappa shape index (κ1) is 10.2. The number of hydrogen-bond donors (Lipinski definition) is 2. The minimum Gasteiger partial charge on any atom is -0.390 e. The summed E-state index contributed by atoms with van der Waals surface area (Å²) in [4.78, 5) is 8.23. The summed E-state index contributed by atoms with van der Waals surface area (Å²) in [6.45, 7) is 0. The molecule has 1 aliphatic rings. The Morgan fingerprint density at radius 1 is 1.12 bits per heavy atom. The van der Waals surface area contributed by atoms with Gasteiger partial charge in [0, 0.05) is 18.8 Å². The lowest BCUT2D eigenvalue weighted by Crippen LogP contribution is -2.22. The summed E-state index contributed by atoms with van der Waals surface area (Å²) in [5.41, 5.74) is 2.32. The van der Waals surface area contributed by atoms with Crippen LogP contribution in [0.3, 0.4) is 0 Å². The van der Waals surface area contributed by atoms with Crippen molar-refractivity contribution in [2.75, 3.05) is 5.32 Å². The highest BCUT2D eigenvalue weighted by Crippen LogP contribution is 2.33. The molecule has 1 aliphatic carbocycles. The first-order valence-corrected chi connectivity index (χ1v) is 5.64. The summed E-state index contributed by atoms with van der Waals surface area (Å²) in [5.74, 6) is 0.549. The Bertz CT molecular complexity index is 515. The van der Waals surface area contributed by atoms with Gasteiger partial charge in [0.05, 0.1) is 12.1 Å². The lowest BCUT2D eigenvalue weighted by molar-refractivity contribution is 0.165. The van der Waals surface area contributed by atoms with Crippen LogP contribution in [0.25, 0.3) is 0 Å². The first-order valence-electron chi connectivity index (χ1n) is 5.64. The molecule has 0 amide bonds. The Morgan fingerprint density at radius 2 is 1.88 bits per heavy atom. The number of anilines is 1. The summed E-state index contributed by atoms with van der Waals surface area (Å²) in [5, 5.41) is 13.2. The van der Waals surface area contributed by atoms with Crippen molar-refractivity contribution in [2.45, 2.75) is 18.6 Å². The molecule has 0 radical (unpaired) electrons. The SMILES string of the molecule is O[C@H]1Cc2ccccc2[C@H]1Nc1ncccn1. The van der Waals surface area contributed by atoms with Crippen LogP contribution in [-0.2, 0) is 6.42 Å². The molecule has 17 heavy (non-hydrogen) atoms. The topological polar surface area (TPSA) is 58.0 Å². The van der Waals surface area contributed by atoms with Gasteiger partial charge in [0.1, 0.15) is 0 Å². The highest BCUT2D eigenvalue weighted by Gasteiger charge is 2.30. The number of nitrogens with one attached hydrogen (secondary N) is 1. The number of nitrogens with zero attached hydrogens (tertiary/aromatic N) is 2. The van der Waals surface area contributed by atoms with Crippen LogP contribution in [0, 0.1) is 0 Å². The van der Waals surface area contributed by atoms with Crippen LogP contribution in [-0.4, -0.2) is 21.2 Å². The van der Waals surface area contributed by atoms with E-state index in [4.69, 9.17) is 0 Å². The Morgan fingerprint density at radius 3 is 2.71 bits per heavy atom. The highest BCUT2D eigenvalue weighted by atomic mass is 16.3. The molecule has 0 fully saturated rings. The average Bonchev–Trinajstić information content (AvgIpc) is 2.68. The summed E-state index contributed by atoms with van der Waals surface area (Å²) in [7, 11) is 0. The normalized spacial score (nSPS) is 22.2. The lowest BCUT2D eigenvalue weighted by Gasteiger charge is -2.17. The quantitative estimate of drug-likeness (QED) is 0.817. The molecular weight excluding hydrogens is 214 g/mol. The molecule has 0 unspecified atom stereocenters. The summed E-state index contributed by atoms with van der Waals surface area (Å²) in [6.07, 6.45) is 3.63. The molecule has 86 valence electrons. The number of rotatable bonds is 2. The van der Waals surface area contributed by atoms with Gasteiger partial charge in [0.15, 0.2) is 0 Å². The number of aliphatic hydroxyl groups is 1. The molecule has 1 heterocycles. The second-order valence-corrected chi connectivity index (χ2v) is 4.16. The van der Waals surface area contributed by atoms with Gasteiger partial charge >= 0.3 is 0 Å². The van der Waals surface area contributed by atoms with Gasteiger partial charge in [-0.3, -0.25) is 0 Å². The van der Waals surface area contributed by atoms with Gasteiger partial charge in [-0.1, -0.05) is 24.3 Å². The lowest BCUT2D eigenvalue weighted by atomic mass is 10.1. The van der Waals surface area contributed by atoms with E-state index in [1.165, 1.54) is 5.56 Å². The van der Waals surface area contributed by atoms with Gasteiger partial charge in [-0.2, -0.15) is 0 Å². The number of aliphatic hydroxyl groups excluding tert-OH is 1.